The lowest BCUT2D eigenvalue weighted by atomic mass is 10.1. The summed E-state index contributed by atoms with van der Waals surface area (Å²) in [5.74, 6) is 0. The van der Waals surface area contributed by atoms with E-state index in [1.807, 2.05) is 0 Å². The Kier molecular flexibility index (Phi) is 4.55. The normalized spacial score (nSPS) is 25.4. The lowest BCUT2D eigenvalue weighted by Crippen LogP contribution is -2.43. The van der Waals surface area contributed by atoms with Gasteiger partial charge < -0.3 is 10.6 Å². The summed E-state index contributed by atoms with van der Waals surface area (Å²) in [5, 5.41) is 6.96. The number of unbranched alkanes of at least 4 members (excludes halogenated alkanes) is 1. The van der Waals surface area contributed by atoms with Gasteiger partial charge in [-0.25, -0.2) is 0 Å². The number of hydrogen-bond donors (Lipinski definition) is 2. The van der Waals surface area contributed by atoms with Crippen LogP contribution >= 0.6 is 0 Å². The van der Waals surface area contributed by atoms with Gasteiger partial charge >= 0.3 is 0 Å². The summed E-state index contributed by atoms with van der Waals surface area (Å²) in [5.41, 5.74) is 0. The third kappa shape index (κ3) is 3.73. The van der Waals surface area contributed by atoms with Crippen LogP contribution in [0.15, 0.2) is 0 Å². The summed E-state index contributed by atoms with van der Waals surface area (Å²) < 4.78 is 0. The topological polar surface area (TPSA) is 24.1 Å². The van der Waals surface area contributed by atoms with Crippen LogP contribution in [-0.4, -0.2) is 25.7 Å². The highest BCUT2D eigenvalue weighted by molar-refractivity contribution is 4.74. The largest absolute Gasteiger partial charge is 0.315 e. The fourth-order valence-corrected chi connectivity index (χ4v) is 1.51. The van der Waals surface area contributed by atoms with Gasteiger partial charge in [-0.3, -0.25) is 0 Å². The fraction of sp³-hybridized carbons (Fsp3) is 1.00. The van der Waals surface area contributed by atoms with Crippen LogP contribution in [0.5, 0.6) is 0 Å². The van der Waals surface area contributed by atoms with Crippen molar-refractivity contribution in [2.24, 2.45) is 0 Å². The molecule has 2 nitrogen and oxygen atoms in total. The van der Waals surface area contributed by atoms with E-state index in [1.54, 1.807) is 0 Å². The van der Waals surface area contributed by atoms with Crippen molar-refractivity contribution < 1.29 is 0 Å². The molecule has 0 amide bonds. The first kappa shape index (κ1) is 9.01. The van der Waals surface area contributed by atoms with E-state index in [0.717, 1.165) is 6.04 Å². The average molecular weight is 156 g/mol. The highest BCUT2D eigenvalue weighted by Gasteiger charge is 2.10. The monoisotopic (exact) mass is 156 g/mol. The molecule has 66 valence electrons. The van der Waals surface area contributed by atoms with Crippen LogP contribution in [-0.2, 0) is 0 Å². The van der Waals surface area contributed by atoms with Gasteiger partial charge in [-0.05, 0) is 32.4 Å². The molecule has 0 aromatic rings. The van der Waals surface area contributed by atoms with Gasteiger partial charge in [-0.15, -0.1) is 0 Å². The molecule has 1 aliphatic rings. The van der Waals surface area contributed by atoms with Gasteiger partial charge in [0, 0.05) is 12.6 Å². The van der Waals surface area contributed by atoms with Gasteiger partial charge in [-0.2, -0.15) is 0 Å². The van der Waals surface area contributed by atoms with Crippen molar-refractivity contribution in [1.82, 2.24) is 10.6 Å². The summed E-state index contributed by atoms with van der Waals surface area (Å²) in [6.07, 6.45) is 5.31. The average Bonchev–Trinajstić information content (AvgIpc) is 2.07. The zero-order chi connectivity index (χ0) is 7.94. The molecular formula is C9H20N2. The van der Waals surface area contributed by atoms with E-state index in [4.69, 9.17) is 0 Å². The summed E-state index contributed by atoms with van der Waals surface area (Å²) in [6, 6.07) is 0.746. The molecule has 1 fully saturated rings. The molecule has 0 unspecified atom stereocenters. The Balaban J connectivity index is 1.96. The molecule has 1 aliphatic heterocycles. The van der Waals surface area contributed by atoms with Crippen molar-refractivity contribution >= 4 is 0 Å². The molecular weight excluding hydrogens is 136 g/mol. The van der Waals surface area contributed by atoms with Gasteiger partial charge in [0.1, 0.15) is 0 Å². The van der Waals surface area contributed by atoms with Crippen molar-refractivity contribution in [2.45, 2.75) is 38.6 Å². The van der Waals surface area contributed by atoms with Crippen molar-refractivity contribution in [2.75, 3.05) is 19.6 Å². The Hall–Kier alpha value is -0.0800. The molecule has 1 rings (SSSR count). The quantitative estimate of drug-likeness (QED) is 0.596. The zero-order valence-electron chi connectivity index (χ0n) is 7.53. The van der Waals surface area contributed by atoms with Crippen molar-refractivity contribution in [1.29, 1.82) is 0 Å². The lowest BCUT2D eigenvalue weighted by Gasteiger charge is -2.23. The van der Waals surface area contributed by atoms with E-state index in [9.17, 15) is 0 Å². The summed E-state index contributed by atoms with van der Waals surface area (Å²) in [6.45, 7) is 5.82. The van der Waals surface area contributed by atoms with Crippen molar-refractivity contribution in [3.05, 3.63) is 0 Å². The molecule has 11 heavy (non-hydrogen) atoms. The van der Waals surface area contributed by atoms with E-state index in [-0.39, 0.29) is 0 Å². The molecule has 0 saturated carbocycles. The van der Waals surface area contributed by atoms with Gasteiger partial charge in [0.05, 0.1) is 0 Å². The van der Waals surface area contributed by atoms with Crippen LogP contribution in [0.4, 0.5) is 0 Å². The van der Waals surface area contributed by atoms with Gasteiger partial charge in [-0.1, -0.05) is 13.3 Å². The maximum atomic E-state index is 3.56. The first-order valence-electron chi connectivity index (χ1n) is 4.87. The molecule has 0 aromatic heterocycles. The third-order valence-corrected chi connectivity index (χ3v) is 2.26. The van der Waals surface area contributed by atoms with Gasteiger partial charge in [0.25, 0.3) is 0 Å². The predicted octanol–water partition coefficient (Wildman–Crippen LogP) is 1.13. The molecule has 2 heteroatoms. The van der Waals surface area contributed by atoms with E-state index in [1.165, 1.54) is 45.3 Å². The number of hydrogen-bond acceptors (Lipinski definition) is 2. The first-order chi connectivity index (χ1) is 5.43. The smallest absolute Gasteiger partial charge is 0.0192 e. The molecule has 1 heterocycles. The molecule has 0 bridgehead atoms. The third-order valence-electron chi connectivity index (χ3n) is 2.26. The van der Waals surface area contributed by atoms with Crippen LogP contribution in [0, 0.1) is 0 Å². The Bertz CT molecular complexity index is 87.6. The molecule has 1 atom stereocenters. The minimum Gasteiger partial charge on any atom is -0.315 e. The highest BCUT2D eigenvalue weighted by Crippen LogP contribution is 2.00. The lowest BCUT2D eigenvalue weighted by molar-refractivity contribution is 0.388. The summed E-state index contributed by atoms with van der Waals surface area (Å²) in [4.78, 5) is 0. The number of rotatable bonds is 4. The standard InChI is InChI=1S/C9H20N2/c1-2-3-7-11-9-5-4-6-10-8-9/h9-11H,2-8H2,1H3/t9-/m1/s1. The minimum absolute atomic E-state index is 0.746. The number of nitrogens with one attached hydrogen (secondary N) is 2. The van der Waals surface area contributed by atoms with Crippen LogP contribution in [0.1, 0.15) is 32.6 Å². The Labute approximate surface area is 69.8 Å². The molecule has 0 spiro atoms. The van der Waals surface area contributed by atoms with E-state index >= 15 is 0 Å². The molecule has 0 radical (unpaired) electrons. The minimum atomic E-state index is 0.746. The Morgan fingerprint density at radius 2 is 2.45 bits per heavy atom. The molecule has 0 aliphatic carbocycles. The molecule has 1 saturated heterocycles. The van der Waals surface area contributed by atoms with E-state index < -0.39 is 0 Å². The predicted molar refractivity (Wildman–Crippen MR) is 48.8 cm³/mol. The van der Waals surface area contributed by atoms with E-state index in [2.05, 4.69) is 17.6 Å². The molecule has 2 N–H and O–H groups in total. The zero-order valence-corrected chi connectivity index (χ0v) is 7.53. The van der Waals surface area contributed by atoms with Crippen LogP contribution in [0.3, 0.4) is 0 Å². The first-order valence-corrected chi connectivity index (χ1v) is 4.87. The molecule has 0 aromatic carbocycles. The second kappa shape index (κ2) is 5.56. The summed E-state index contributed by atoms with van der Waals surface area (Å²) in [7, 11) is 0. The number of piperidine rings is 1. The maximum Gasteiger partial charge on any atom is 0.0192 e. The maximum absolute atomic E-state index is 3.56. The van der Waals surface area contributed by atoms with Crippen molar-refractivity contribution in [3.63, 3.8) is 0 Å². The summed E-state index contributed by atoms with van der Waals surface area (Å²) >= 11 is 0. The fourth-order valence-electron chi connectivity index (χ4n) is 1.51. The van der Waals surface area contributed by atoms with Crippen LogP contribution < -0.4 is 10.6 Å². The second-order valence-corrected chi connectivity index (χ2v) is 3.35. The van der Waals surface area contributed by atoms with Gasteiger partial charge in [0.15, 0.2) is 0 Å². The van der Waals surface area contributed by atoms with Gasteiger partial charge in [0.2, 0.25) is 0 Å². The highest BCUT2D eigenvalue weighted by atomic mass is 15.0. The van der Waals surface area contributed by atoms with E-state index in [0.29, 0.717) is 0 Å². The van der Waals surface area contributed by atoms with Crippen LogP contribution in [0.2, 0.25) is 0 Å². The Morgan fingerprint density at radius 1 is 1.55 bits per heavy atom. The van der Waals surface area contributed by atoms with Crippen molar-refractivity contribution in [3.8, 4) is 0 Å². The Morgan fingerprint density at radius 3 is 3.09 bits per heavy atom. The van der Waals surface area contributed by atoms with Crippen LogP contribution in [0.25, 0.3) is 0 Å². The second-order valence-electron chi connectivity index (χ2n) is 3.35. The SMILES string of the molecule is CCCCN[C@@H]1CCCNC1.